The SMILES string of the molecule is CNc1ncc(OC2CC2)cc1C(F)(F)F. The Morgan fingerprint density at radius 3 is 2.62 bits per heavy atom. The lowest BCUT2D eigenvalue weighted by Gasteiger charge is -2.13. The summed E-state index contributed by atoms with van der Waals surface area (Å²) in [5.41, 5.74) is -0.798. The summed E-state index contributed by atoms with van der Waals surface area (Å²) < 4.78 is 43.2. The molecule has 0 spiro atoms. The summed E-state index contributed by atoms with van der Waals surface area (Å²) in [7, 11) is 1.40. The van der Waals surface area contributed by atoms with E-state index in [2.05, 4.69) is 10.3 Å². The molecule has 1 saturated carbocycles. The molecule has 0 bridgehead atoms. The maximum absolute atomic E-state index is 12.6. The maximum Gasteiger partial charge on any atom is 0.420 e. The molecular formula is C10H11F3N2O. The Morgan fingerprint density at radius 2 is 2.12 bits per heavy atom. The van der Waals surface area contributed by atoms with Crippen LogP contribution in [-0.2, 0) is 6.18 Å². The molecule has 1 N–H and O–H groups in total. The first-order valence-corrected chi connectivity index (χ1v) is 4.92. The van der Waals surface area contributed by atoms with E-state index in [1.165, 1.54) is 13.2 Å². The lowest BCUT2D eigenvalue weighted by Crippen LogP contribution is -2.11. The van der Waals surface area contributed by atoms with E-state index in [9.17, 15) is 13.2 Å². The van der Waals surface area contributed by atoms with E-state index < -0.39 is 11.7 Å². The fourth-order valence-corrected chi connectivity index (χ4v) is 1.30. The van der Waals surface area contributed by atoms with Gasteiger partial charge >= 0.3 is 6.18 Å². The molecule has 0 saturated heterocycles. The Labute approximate surface area is 90.6 Å². The summed E-state index contributed by atoms with van der Waals surface area (Å²) in [5, 5.41) is 2.41. The average Bonchev–Trinajstić information content (AvgIpc) is 3.00. The van der Waals surface area contributed by atoms with E-state index >= 15 is 0 Å². The van der Waals surface area contributed by atoms with Gasteiger partial charge in [-0.2, -0.15) is 13.2 Å². The molecule has 1 aliphatic rings. The minimum Gasteiger partial charge on any atom is -0.489 e. The summed E-state index contributed by atoms with van der Waals surface area (Å²) in [4.78, 5) is 3.69. The van der Waals surface area contributed by atoms with Crippen molar-refractivity contribution in [3.05, 3.63) is 17.8 Å². The Hall–Kier alpha value is -1.46. The molecule has 1 heterocycles. The van der Waals surface area contributed by atoms with Crippen LogP contribution in [0.15, 0.2) is 12.3 Å². The standard InChI is InChI=1S/C10H11F3N2O/c1-14-9-8(10(11,12)13)4-7(5-15-9)16-6-2-3-6/h4-6H,2-3H2,1H3,(H,14,15). The van der Waals surface area contributed by atoms with Gasteiger partial charge in [-0.25, -0.2) is 4.98 Å². The first-order chi connectivity index (χ1) is 7.50. The van der Waals surface area contributed by atoms with Crippen LogP contribution in [0.25, 0.3) is 0 Å². The number of hydrogen-bond acceptors (Lipinski definition) is 3. The summed E-state index contributed by atoms with van der Waals surface area (Å²) >= 11 is 0. The van der Waals surface area contributed by atoms with Gasteiger partial charge in [0.15, 0.2) is 0 Å². The average molecular weight is 232 g/mol. The van der Waals surface area contributed by atoms with Gasteiger partial charge in [0.05, 0.1) is 12.3 Å². The Morgan fingerprint density at radius 1 is 1.44 bits per heavy atom. The van der Waals surface area contributed by atoms with Crippen molar-refractivity contribution < 1.29 is 17.9 Å². The molecular weight excluding hydrogens is 221 g/mol. The molecule has 1 aromatic rings. The monoisotopic (exact) mass is 232 g/mol. The van der Waals surface area contributed by atoms with Gasteiger partial charge in [0.25, 0.3) is 0 Å². The van der Waals surface area contributed by atoms with Crippen LogP contribution < -0.4 is 10.1 Å². The van der Waals surface area contributed by atoms with E-state index in [1.807, 2.05) is 0 Å². The quantitative estimate of drug-likeness (QED) is 0.869. The maximum atomic E-state index is 12.6. The largest absolute Gasteiger partial charge is 0.489 e. The van der Waals surface area contributed by atoms with Crippen LogP contribution in [0.2, 0.25) is 0 Å². The van der Waals surface area contributed by atoms with Crippen LogP contribution in [0.3, 0.4) is 0 Å². The third-order valence-electron chi connectivity index (χ3n) is 2.23. The van der Waals surface area contributed by atoms with Gasteiger partial charge in [0.2, 0.25) is 0 Å². The number of pyridine rings is 1. The molecule has 0 aromatic carbocycles. The van der Waals surface area contributed by atoms with Crippen molar-refractivity contribution in [2.75, 3.05) is 12.4 Å². The van der Waals surface area contributed by atoms with Crippen molar-refractivity contribution in [2.24, 2.45) is 0 Å². The van der Waals surface area contributed by atoms with Crippen molar-refractivity contribution >= 4 is 5.82 Å². The smallest absolute Gasteiger partial charge is 0.420 e. The lowest BCUT2D eigenvalue weighted by atomic mass is 10.2. The molecule has 0 atom stereocenters. The number of hydrogen-bond donors (Lipinski definition) is 1. The number of halogens is 3. The Bertz CT molecular complexity index is 388. The van der Waals surface area contributed by atoms with Gasteiger partial charge in [0.1, 0.15) is 17.1 Å². The Kier molecular flexibility index (Phi) is 2.65. The molecule has 88 valence electrons. The third kappa shape index (κ3) is 2.37. The van der Waals surface area contributed by atoms with Gasteiger partial charge in [-0.3, -0.25) is 0 Å². The molecule has 0 radical (unpaired) electrons. The van der Waals surface area contributed by atoms with E-state index in [-0.39, 0.29) is 17.7 Å². The third-order valence-corrected chi connectivity index (χ3v) is 2.23. The van der Waals surface area contributed by atoms with E-state index in [4.69, 9.17) is 4.74 Å². The molecule has 1 fully saturated rings. The minimum absolute atomic E-state index is 0.0586. The molecule has 16 heavy (non-hydrogen) atoms. The number of alkyl halides is 3. The van der Waals surface area contributed by atoms with Crippen molar-refractivity contribution in [3.63, 3.8) is 0 Å². The highest BCUT2D eigenvalue weighted by molar-refractivity contribution is 5.48. The van der Waals surface area contributed by atoms with Gasteiger partial charge < -0.3 is 10.1 Å². The highest BCUT2D eigenvalue weighted by Gasteiger charge is 2.35. The first kappa shape index (κ1) is 11.0. The molecule has 0 unspecified atom stereocenters. The predicted molar refractivity (Wildman–Crippen MR) is 52.4 cm³/mol. The highest BCUT2D eigenvalue weighted by Crippen LogP contribution is 2.36. The van der Waals surface area contributed by atoms with Crippen LogP contribution in [-0.4, -0.2) is 18.1 Å². The van der Waals surface area contributed by atoms with E-state index in [0.29, 0.717) is 0 Å². The second-order valence-corrected chi connectivity index (χ2v) is 3.63. The lowest BCUT2D eigenvalue weighted by molar-refractivity contribution is -0.137. The minimum atomic E-state index is -4.42. The summed E-state index contributed by atoms with van der Waals surface area (Å²) in [5.74, 6) is -0.00975. The Balaban J connectivity index is 2.29. The number of anilines is 1. The number of nitrogens with zero attached hydrogens (tertiary/aromatic N) is 1. The number of nitrogens with one attached hydrogen (secondary N) is 1. The topological polar surface area (TPSA) is 34.2 Å². The van der Waals surface area contributed by atoms with Crippen molar-refractivity contribution in [2.45, 2.75) is 25.1 Å². The van der Waals surface area contributed by atoms with Crippen molar-refractivity contribution in [1.82, 2.24) is 4.98 Å². The molecule has 0 aliphatic heterocycles. The zero-order valence-electron chi connectivity index (χ0n) is 8.64. The van der Waals surface area contributed by atoms with Gasteiger partial charge in [-0.15, -0.1) is 0 Å². The second-order valence-electron chi connectivity index (χ2n) is 3.63. The van der Waals surface area contributed by atoms with E-state index in [1.54, 1.807) is 0 Å². The van der Waals surface area contributed by atoms with Crippen molar-refractivity contribution in [3.8, 4) is 5.75 Å². The summed E-state index contributed by atoms with van der Waals surface area (Å²) in [6, 6.07) is 0.983. The van der Waals surface area contributed by atoms with Crippen LogP contribution in [0.1, 0.15) is 18.4 Å². The zero-order valence-corrected chi connectivity index (χ0v) is 8.64. The zero-order chi connectivity index (χ0) is 11.8. The van der Waals surface area contributed by atoms with Crippen molar-refractivity contribution in [1.29, 1.82) is 0 Å². The number of rotatable bonds is 3. The molecule has 6 heteroatoms. The van der Waals surface area contributed by atoms with E-state index in [0.717, 1.165) is 18.9 Å². The fourth-order valence-electron chi connectivity index (χ4n) is 1.30. The second kappa shape index (κ2) is 3.84. The molecule has 2 rings (SSSR count). The van der Waals surface area contributed by atoms with Gasteiger partial charge in [-0.1, -0.05) is 0 Å². The molecule has 3 nitrogen and oxygen atoms in total. The van der Waals surface area contributed by atoms with Crippen LogP contribution in [0.4, 0.5) is 19.0 Å². The molecule has 1 aromatic heterocycles. The molecule has 1 aliphatic carbocycles. The number of aromatic nitrogens is 1. The van der Waals surface area contributed by atoms with Crippen LogP contribution >= 0.6 is 0 Å². The number of ether oxygens (including phenoxy) is 1. The summed E-state index contributed by atoms with van der Waals surface area (Å²) in [6.07, 6.45) is -1.26. The summed E-state index contributed by atoms with van der Waals surface area (Å²) in [6.45, 7) is 0. The first-order valence-electron chi connectivity index (χ1n) is 4.92. The van der Waals surface area contributed by atoms with Crippen LogP contribution in [0, 0.1) is 0 Å². The predicted octanol–water partition coefficient (Wildman–Crippen LogP) is 2.68. The van der Waals surface area contributed by atoms with Gasteiger partial charge in [-0.05, 0) is 18.9 Å². The fraction of sp³-hybridized carbons (Fsp3) is 0.500. The highest BCUT2D eigenvalue weighted by atomic mass is 19.4. The van der Waals surface area contributed by atoms with Crippen LogP contribution in [0.5, 0.6) is 5.75 Å². The molecule has 0 amide bonds. The normalized spacial score (nSPS) is 16.0. The van der Waals surface area contributed by atoms with Gasteiger partial charge in [0, 0.05) is 7.05 Å².